The number of aliphatic hydroxyl groups is 1. The lowest BCUT2D eigenvalue weighted by atomic mass is 9.47. The predicted octanol–water partition coefficient (Wildman–Crippen LogP) is 1.33. The first kappa shape index (κ1) is 7.48. The number of nitrogens with zero attached hydrogens (tertiary/aromatic N) is 1. The lowest BCUT2D eigenvalue weighted by molar-refractivity contribution is -0.143. The minimum absolute atomic E-state index is 0.00579. The van der Waals surface area contributed by atoms with E-state index in [2.05, 4.69) is 18.2 Å². The van der Waals surface area contributed by atoms with E-state index >= 15 is 0 Å². The summed E-state index contributed by atoms with van der Waals surface area (Å²) in [6.45, 7) is 3.80. The highest BCUT2D eigenvalue weighted by Crippen LogP contribution is 2.99. The van der Waals surface area contributed by atoms with Crippen molar-refractivity contribution in [1.29, 1.82) is 5.26 Å². The summed E-state index contributed by atoms with van der Waals surface area (Å²) < 4.78 is 0. The zero-order chi connectivity index (χ0) is 9.93. The fraction of sp³-hybridized carbons (Fsp3) is 0.750. The third-order valence-corrected chi connectivity index (χ3v) is 5.51. The van der Waals surface area contributed by atoms with Gasteiger partial charge in [0, 0.05) is 5.41 Å². The van der Waals surface area contributed by atoms with Gasteiger partial charge < -0.3 is 5.11 Å². The maximum atomic E-state index is 10.3. The molecule has 0 radical (unpaired) electrons. The van der Waals surface area contributed by atoms with Gasteiger partial charge in [0.15, 0.2) is 0 Å². The van der Waals surface area contributed by atoms with Crippen LogP contribution in [0, 0.1) is 45.8 Å². The Labute approximate surface area is 83.2 Å². The minimum atomic E-state index is -0.654. The van der Waals surface area contributed by atoms with Crippen LogP contribution >= 0.6 is 0 Å². The molecule has 4 aliphatic rings. The molecule has 0 aromatic heterocycles. The molecule has 0 saturated heterocycles. The van der Waals surface area contributed by atoms with Gasteiger partial charge >= 0.3 is 0 Å². The summed E-state index contributed by atoms with van der Waals surface area (Å²) in [5.41, 5.74) is -0.703. The fourth-order valence-electron chi connectivity index (χ4n) is 5.17. The molecule has 3 saturated carbocycles. The van der Waals surface area contributed by atoms with Crippen LogP contribution in [0.1, 0.15) is 13.8 Å². The second-order valence-electron chi connectivity index (χ2n) is 5.95. The molecule has 6 atom stereocenters. The molecule has 4 rings (SSSR count). The lowest BCUT2D eigenvalue weighted by Gasteiger charge is -2.56. The van der Waals surface area contributed by atoms with Crippen LogP contribution in [-0.2, 0) is 0 Å². The molecular formula is C12H13NO. The standard InChI is InChI=1S/C12H13NO/c1-10(2,14)12-4-3-6-7-9(12)11(7,5-13)8(6)12/h3-4,6-9,14H,1-2H3. The van der Waals surface area contributed by atoms with Crippen LogP contribution in [0.3, 0.4) is 0 Å². The Morgan fingerprint density at radius 3 is 2.64 bits per heavy atom. The van der Waals surface area contributed by atoms with Crippen molar-refractivity contribution in [3.63, 3.8) is 0 Å². The maximum Gasteiger partial charge on any atom is 0.0699 e. The topological polar surface area (TPSA) is 44.0 Å². The summed E-state index contributed by atoms with van der Waals surface area (Å²) in [5.74, 6) is 2.12. The van der Waals surface area contributed by atoms with E-state index in [1.54, 1.807) is 0 Å². The summed E-state index contributed by atoms with van der Waals surface area (Å²) in [6, 6.07) is 2.50. The van der Waals surface area contributed by atoms with E-state index in [9.17, 15) is 10.4 Å². The van der Waals surface area contributed by atoms with E-state index in [1.807, 2.05) is 13.8 Å². The monoisotopic (exact) mass is 187 g/mol. The van der Waals surface area contributed by atoms with Gasteiger partial charge in [-0.2, -0.15) is 5.26 Å². The van der Waals surface area contributed by atoms with E-state index in [-0.39, 0.29) is 10.8 Å². The average Bonchev–Trinajstić information content (AvgIpc) is 2.40. The largest absolute Gasteiger partial charge is 0.390 e. The molecule has 2 nitrogen and oxygen atoms in total. The Balaban J connectivity index is 1.89. The van der Waals surface area contributed by atoms with E-state index in [0.717, 1.165) is 0 Å². The van der Waals surface area contributed by atoms with Gasteiger partial charge in [0.1, 0.15) is 0 Å². The number of nitriles is 1. The Morgan fingerprint density at radius 2 is 2.14 bits per heavy atom. The second-order valence-corrected chi connectivity index (χ2v) is 5.95. The van der Waals surface area contributed by atoms with Crippen LogP contribution in [-0.4, -0.2) is 10.7 Å². The van der Waals surface area contributed by atoms with Gasteiger partial charge in [-0.25, -0.2) is 0 Å². The first-order chi connectivity index (χ1) is 6.52. The van der Waals surface area contributed by atoms with Crippen LogP contribution in [0.15, 0.2) is 12.2 Å². The highest BCUT2D eigenvalue weighted by Gasteiger charge is 3.00. The van der Waals surface area contributed by atoms with Crippen molar-refractivity contribution >= 4 is 0 Å². The lowest BCUT2D eigenvalue weighted by Crippen LogP contribution is -2.60. The molecule has 0 spiro atoms. The molecule has 0 aliphatic heterocycles. The van der Waals surface area contributed by atoms with Crippen molar-refractivity contribution in [2.75, 3.05) is 0 Å². The van der Waals surface area contributed by atoms with Crippen LogP contribution in [0.2, 0.25) is 0 Å². The highest BCUT2D eigenvalue weighted by molar-refractivity contribution is 5.57. The molecule has 6 unspecified atom stereocenters. The molecule has 14 heavy (non-hydrogen) atoms. The first-order valence-electron chi connectivity index (χ1n) is 5.35. The van der Waals surface area contributed by atoms with Crippen LogP contribution < -0.4 is 0 Å². The van der Waals surface area contributed by atoms with Gasteiger partial charge in [0.2, 0.25) is 0 Å². The second kappa shape index (κ2) is 1.47. The highest BCUT2D eigenvalue weighted by atomic mass is 16.3. The van der Waals surface area contributed by atoms with Gasteiger partial charge in [-0.1, -0.05) is 12.2 Å². The molecule has 1 N–H and O–H groups in total. The van der Waals surface area contributed by atoms with Crippen molar-refractivity contribution in [2.24, 2.45) is 34.5 Å². The molecule has 2 heteroatoms. The summed E-state index contributed by atoms with van der Waals surface area (Å²) >= 11 is 0. The molecule has 0 heterocycles. The van der Waals surface area contributed by atoms with Gasteiger partial charge in [-0.05, 0) is 37.5 Å². The molecular weight excluding hydrogens is 174 g/mol. The SMILES string of the molecule is CC(C)(O)C12C=CC3C4C1C4(C#N)C32. The normalized spacial score (nSPS) is 65.0. The van der Waals surface area contributed by atoms with Crippen molar-refractivity contribution in [3.8, 4) is 6.07 Å². The maximum absolute atomic E-state index is 10.3. The van der Waals surface area contributed by atoms with Gasteiger partial charge in [-0.3, -0.25) is 0 Å². The van der Waals surface area contributed by atoms with Crippen LogP contribution in [0.25, 0.3) is 0 Å². The Bertz CT molecular complexity index is 427. The van der Waals surface area contributed by atoms with Crippen molar-refractivity contribution < 1.29 is 5.11 Å². The summed E-state index contributed by atoms with van der Waals surface area (Å²) in [7, 11) is 0. The minimum Gasteiger partial charge on any atom is -0.390 e. The van der Waals surface area contributed by atoms with Gasteiger partial charge in [0.05, 0.1) is 17.1 Å². The number of rotatable bonds is 1. The molecule has 4 aliphatic carbocycles. The zero-order valence-corrected chi connectivity index (χ0v) is 8.36. The summed E-state index contributed by atoms with van der Waals surface area (Å²) in [5, 5.41) is 19.4. The Morgan fingerprint density at radius 1 is 1.43 bits per heavy atom. The van der Waals surface area contributed by atoms with E-state index in [1.165, 1.54) is 0 Å². The van der Waals surface area contributed by atoms with Gasteiger partial charge in [-0.15, -0.1) is 0 Å². The molecule has 0 amide bonds. The molecule has 3 fully saturated rings. The number of hydrogen-bond acceptors (Lipinski definition) is 2. The molecule has 0 aromatic rings. The van der Waals surface area contributed by atoms with Crippen LogP contribution in [0.5, 0.6) is 0 Å². The first-order valence-corrected chi connectivity index (χ1v) is 5.35. The van der Waals surface area contributed by atoms with Crippen molar-refractivity contribution in [2.45, 2.75) is 19.4 Å². The number of allylic oxidation sites excluding steroid dienone is 1. The van der Waals surface area contributed by atoms with Crippen molar-refractivity contribution in [1.82, 2.24) is 0 Å². The fourth-order valence-corrected chi connectivity index (χ4v) is 5.17. The third kappa shape index (κ3) is 0.355. The Hall–Kier alpha value is -0.810. The third-order valence-electron chi connectivity index (χ3n) is 5.51. The predicted molar refractivity (Wildman–Crippen MR) is 49.9 cm³/mol. The number of hydrogen-bond donors (Lipinski definition) is 1. The molecule has 0 aromatic carbocycles. The van der Waals surface area contributed by atoms with E-state index in [0.29, 0.717) is 23.7 Å². The van der Waals surface area contributed by atoms with Crippen LogP contribution in [0.4, 0.5) is 0 Å². The smallest absolute Gasteiger partial charge is 0.0699 e. The Kier molecular flexibility index (Phi) is 0.787. The zero-order valence-electron chi connectivity index (χ0n) is 8.36. The quantitative estimate of drug-likeness (QED) is 0.629. The van der Waals surface area contributed by atoms with Crippen molar-refractivity contribution in [3.05, 3.63) is 12.2 Å². The average molecular weight is 187 g/mol. The van der Waals surface area contributed by atoms with Gasteiger partial charge in [0.25, 0.3) is 0 Å². The summed E-state index contributed by atoms with van der Waals surface area (Å²) in [4.78, 5) is 0. The van der Waals surface area contributed by atoms with E-state index < -0.39 is 5.60 Å². The number of fused-ring (bicyclic) bond motifs is 3. The molecule has 72 valence electrons. The molecule has 0 bridgehead atoms. The summed E-state index contributed by atoms with van der Waals surface area (Å²) in [6.07, 6.45) is 4.44. The van der Waals surface area contributed by atoms with E-state index in [4.69, 9.17) is 0 Å².